The van der Waals surface area contributed by atoms with Gasteiger partial charge in [-0.1, -0.05) is 0 Å². The molecule has 0 aromatic carbocycles. The summed E-state index contributed by atoms with van der Waals surface area (Å²) in [7, 11) is 4.08. The molecule has 118 valence electrons. The number of amides is 1. The summed E-state index contributed by atoms with van der Waals surface area (Å²) < 4.78 is 7.49. The van der Waals surface area contributed by atoms with Gasteiger partial charge in [0.2, 0.25) is 5.91 Å². The molecule has 1 fully saturated rings. The van der Waals surface area contributed by atoms with E-state index in [9.17, 15) is 4.79 Å². The van der Waals surface area contributed by atoms with E-state index in [1.807, 2.05) is 36.6 Å². The first-order chi connectivity index (χ1) is 9.99. The van der Waals surface area contributed by atoms with E-state index in [0.29, 0.717) is 19.6 Å². The molecule has 2 heterocycles. The molecule has 0 spiro atoms. The Morgan fingerprint density at radius 3 is 2.81 bits per heavy atom. The van der Waals surface area contributed by atoms with E-state index in [-0.39, 0.29) is 18.1 Å². The third kappa shape index (κ3) is 4.04. The van der Waals surface area contributed by atoms with Crippen LogP contribution in [-0.2, 0) is 16.6 Å². The predicted molar refractivity (Wildman–Crippen MR) is 80.9 cm³/mol. The summed E-state index contributed by atoms with van der Waals surface area (Å²) in [5.74, 6) is 1.18. The number of rotatable bonds is 5. The number of aromatic nitrogens is 2. The Hall–Kier alpha value is -1.40. The van der Waals surface area contributed by atoms with Gasteiger partial charge >= 0.3 is 0 Å². The molecule has 0 saturated carbocycles. The summed E-state index contributed by atoms with van der Waals surface area (Å²) in [6.07, 6.45) is 4.38. The second kappa shape index (κ2) is 7.04. The maximum absolute atomic E-state index is 12.3. The van der Waals surface area contributed by atoms with Crippen molar-refractivity contribution in [2.45, 2.75) is 32.4 Å². The van der Waals surface area contributed by atoms with E-state index in [4.69, 9.17) is 4.74 Å². The molecule has 0 N–H and O–H groups in total. The Labute approximate surface area is 126 Å². The molecule has 1 aliphatic heterocycles. The minimum atomic E-state index is 0.161. The molecule has 6 nitrogen and oxygen atoms in total. The molecule has 0 unspecified atom stereocenters. The average molecular weight is 294 g/mol. The second-order valence-corrected chi connectivity index (χ2v) is 5.90. The van der Waals surface area contributed by atoms with Gasteiger partial charge < -0.3 is 14.2 Å². The zero-order chi connectivity index (χ0) is 15.4. The molecular weight excluding hydrogens is 268 g/mol. The van der Waals surface area contributed by atoms with E-state index >= 15 is 0 Å². The number of carbonyl (C=O) groups excluding carboxylic acids is 1. The molecule has 1 atom stereocenters. The number of imidazole rings is 1. The van der Waals surface area contributed by atoms with Gasteiger partial charge in [-0.25, -0.2) is 4.98 Å². The number of aryl methyl sites for hydroxylation is 1. The van der Waals surface area contributed by atoms with Gasteiger partial charge in [-0.3, -0.25) is 9.69 Å². The first kappa shape index (κ1) is 16.0. The van der Waals surface area contributed by atoms with Crippen LogP contribution in [0, 0.1) is 0 Å². The second-order valence-electron chi connectivity index (χ2n) is 5.90. The smallest absolute Gasteiger partial charge is 0.225 e. The normalized spacial score (nSPS) is 20.2. The van der Waals surface area contributed by atoms with Crippen molar-refractivity contribution in [2.75, 3.05) is 33.3 Å². The first-order valence-corrected chi connectivity index (χ1v) is 7.56. The average Bonchev–Trinajstić information content (AvgIpc) is 2.85. The van der Waals surface area contributed by atoms with Gasteiger partial charge in [-0.15, -0.1) is 0 Å². The molecule has 0 radical (unpaired) electrons. The zero-order valence-corrected chi connectivity index (χ0v) is 13.5. The van der Waals surface area contributed by atoms with Crippen LogP contribution in [0.1, 0.15) is 32.1 Å². The van der Waals surface area contributed by atoms with Crippen LogP contribution < -0.4 is 0 Å². The van der Waals surface area contributed by atoms with Gasteiger partial charge in [0.15, 0.2) is 0 Å². The van der Waals surface area contributed by atoms with Crippen LogP contribution in [0.15, 0.2) is 12.4 Å². The summed E-state index contributed by atoms with van der Waals surface area (Å²) in [5.41, 5.74) is 0. The fraction of sp³-hybridized carbons (Fsp3) is 0.733. The van der Waals surface area contributed by atoms with E-state index in [2.05, 4.69) is 16.9 Å². The van der Waals surface area contributed by atoms with Crippen molar-refractivity contribution >= 4 is 5.91 Å². The standard InChI is InChI=1S/C15H26N4O2/c1-12(2)21-10-5-14(20)19-9-8-17(3)13(11-19)15-16-6-7-18(15)4/h6-7,12-13H,5,8-11H2,1-4H3/t13-/m0/s1. The molecule has 21 heavy (non-hydrogen) atoms. The third-order valence-electron chi connectivity index (χ3n) is 3.92. The maximum Gasteiger partial charge on any atom is 0.225 e. The number of piperazine rings is 1. The summed E-state index contributed by atoms with van der Waals surface area (Å²) in [6.45, 7) is 6.80. The summed E-state index contributed by atoms with van der Waals surface area (Å²) >= 11 is 0. The Bertz CT molecular complexity index is 472. The topological polar surface area (TPSA) is 50.6 Å². The summed E-state index contributed by atoms with van der Waals surface area (Å²) in [4.78, 5) is 20.9. The molecule has 1 saturated heterocycles. The Morgan fingerprint density at radius 2 is 2.19 bits per heavy atom. The van der Waals surface area contributed by atoms with Crippen LogP contribution in [0.5, 0.6) is 0 Å². The van der Waals surface area contributed by atoms with E-state index in [1.54, 1.807) is 6.20 Å². The van der Waals surface area contributed by atoms with Crippen LogP contribution >= 0.6 is 0 Å². The number of hydrogen-bond acceptors (Lipinski definition) is 4. The van der Waals surface area contributed by atoms with Crippen LogP contribution in [0.4, 0.5) is 0 Å². The quantitative estimate of drug-likeness (QED) is 0.814. The molecule has 1 aromatic heterocycles. The highest BCUT2D eigenvalue weighted by Crippen LogP contribution is 2.22. The van der Waals surface area contributed by atoms with Crippen molar-refractivity contribution in [3.63, 3.8) is 0 Å². The summed E-state index contributed by atoms with van der Waals surface area (Å²) in [5, 5.41) is 0. The zero-order valence-electron chi connectivity index (χ0n) is 13.5. The van der Waals surface area contributed by atoms with Crippen molar-refractivity contribution in [1.82, 2.24) is 19.4 Å². The minimum Gasteiger partial charge on any atom is -0.378 e. The number of hydrogen-bond donors (Lipinski definition) is 0. The minimum absolute atomic E-state index is 0.161. The van der Waals surface area contributed by atoms with E-state index in [0.717, 1.165) is 18.9 Å². The van der Waals surface area contributed by atoms with Crippen LogP contribution in [-0.4, -0.2) is 64.7 Å². The Morgan fingerprint density at radius 1 is 1.43 bits per heavy atom. The lowest BCUT2D eigenvalue weighted by Crippen LogP contribution is -2.49. The van der Waals surface area contributed by atoms with Crippen molar-refractivity contribution in [3.05, 3.63) is 18.2 Å². The van der Waals surface area contributed by atoms with E-state index < -0.39 is 0 Å². The van der Waals surface area contributed by atoms with E-state index in [1.165, 1.54) is 0 Å². The van der Waals surface area contributed by atoms with Crippen molar-refractivity contribution < 1.29 is 9.53 Å². The van der Waals surface area contributed by atoms with Gasteiger partial charge in [0.1, 0.15) is 5.82 Å². The highest BCUT2D eigenvalue weighted by Gasteiger charge is 2.30. The fourth-order valence-electron chi connectivity index (χ4n) is 2.62. The van der Waals surface area contributed by atoms with Gasteiger partial charge in [-0.05, 0) is 20.9 Å². The number of ether oxygens (including phenoxy) is 1. The number of nitrogens with zero attached hydrogens (tertiary/aromatic N) is 4. The highest BCUT2D eigenvalue weighted by molar-refractivity contribution is 5.76. The van der Waals surface area contributed by atoms with Crippen LogP contribution in [0.25, 0.3) is 0 Å². The fourth-order valence-corrected chi connectivity index (χ4v) is 2.62. The first-order valence-electron chi connectivity index (χ1n) is 7.56. The monoisotopic (exact) mass is 294 g/mol. The SMILES string of the molecule is CC(C)OCCC(=O)N1CCN(C)[C@H](c2nccn2C)C1. The van der Waals surface area contributed by atoms with Crippen molar-refractivity contribution in [3.8, 4) is 0 Å². The third-order valence-corrected chi connectivity index (χ3v) is 3.92. The molecule has 1 amide bonds. The lowest BCUT2D eigenvalue weighted by molar-refractivity contribution is -0.135. The van der Waals surface area contributed by atoms with Gasteiger partial charge in [0.25, 0.3) is 0 Å². The molecule has 2 rings (SSSR count). The largest absolute Gasteiger partial charge is 0.378 e. The number of carbonyl (C=O) groups is 1. The lowest BCUT2D eigenvalue weighted by Gasteiger charge is -2.39. The maximum atomic E-state index is 12.3. The number of likely N-dealkylation sites (N-methyl/N-ethyl adjacent to an activating group) is 1. The van der Waals surface area contributed by atoms with Gasteiger partial charge in [0, 0.05) is 39.1 Å². The lowest BCUT2D eigenvalue weighted by atomic mass is 10.1. The predicted octanol–water partition coefficient (Wildman–Crippen LogP) is 1.05. The highest BCUT2D eigenvalue weighted by atomic mass is 16.5. The molecule has 1 aliphatic rings. The van der Waals surface area contributed by atoms with Crippen LogP contribution in [0.2, 0.25) is 0 Å². The Kier molecular flexibility index (Phi) is 5.36. The molecule has 1 aromatic rings. The van der Waals surface area contributed by atoms with Crippen molar-refractivity contribution in [1.29, 1.82) is 0 Å². The summed E-state index contributed by atoms with van der Waals surface area (Å²) in [6, 6.07) is 0.161. The van der Waals surface area contributed by atoms with Gasteiger partial charge in [-0.2, -0.15) is 0 Å². The Balaban J connectivity index is 1.94. The van der Waals surface area contributed by atoms with Gasteiger partial charge in [0.05, 0.1) is 25.2 Å². The molecule has 0 bridgehead atoms. The van der Waals surface area contributed by atoms with Crippen LogP contribution in [0.3, 0.4) is 0 Å². The molecule has 0 aliphatic carbocycles. The van der Waals surface area contributed by atoms with Crippen molar-refractivity contribution in [2.24, 2.45) is 7.05 Å². The molecule has 6 heteroatoms. The molecular formula is C15H26N4O2.